The molecular weight excluding hydrogens is 258 g/mol. The lowest BCUT2D eigenvalue weighted by Crippen LogP contribution is -2.27. The van der Waals surface area contributed by atoms with Gasteiger partial charge >= 0.3 is 0 Å². The average molecular weight is 281 g/mol. The van der Waals surface area contributed by atoms with Gasteiger partial charge in [0, 0.05) is 12.6 Å². The molecule has 1 aliphatic rings. The van der Waals surface area contributed by atoms with E-state index >= 15 is 0 Å². The second-order valence-corrected chi connectivity index (χ2v) is 5.66. The van der Waals surface area contributed by atoms with E-state index in [1.807, 2.05) is 6.07 Å². The van der Waals surface area contributed by atoms with Crippen molar-refractivity contribution in [1.82, 2.24) is 5.32 Å². The van der Waals surface area contributed by atoms with E-state index < -0.39 is 0 Å². The molecule has 2 heteroatoms. The van der Waals surface area contributed by atoms with Gasteiger partial charge in [-0.2, -0.15) is 0 Å². The van der Waals surface area contributed by atoms with E-state index in [0.717, 1.165) is 18.7 Å². The maximum atomic E-state index is 6.34. The molecule has 0 spiro atoms. The molecule has 110 valence electrons. The quantitative estimate of drug-likeness (QED) is 0.824. The molecule has 0 aromatic heterocycles. The van der Waals surface area contributed by atoms with Gasteiger partial charge in [0.2, 0.25) is 0 Å². The number of ether oxygens (including phenoxy) is 1. The Kier molecular flexibility index (Phi) is 4.56. The first-order valence-electron chi connectivity index (χ1n) is 7.89. The third-order valence-electron chi connectivity index (χ3n) is 3.96. The minimum Gasteiger partial charge on any atom is -0.484 e. The van der Waals surface area contributed by atoms with Crippen LogP contribution in [0.15, 0.2) is 54.6 Å². The molecule has 0 radical (unpaired) electrons. The van der Waals surface area contributed by atoms with E-state index in [2.05, 4.69) is 60.8 Å². The maximum Gasteiger partial charge on any atom is 0.136 e. The summed E-state index contributed by atoms with van der Waals surface area (Å²) in [7, 11) is 0. The van der Waals surface area contributed by atoms with Gasteiger partial charge in [0.1, 0.15) is 11.9 Å². The van der Waals surface area contributed by atoms with Crippen molar-refractivity contribution < 1.29 is 4.74 Å². The zero-order valence-corrected chi connectivity index (χ0v) is 12.6. The van der Waals surface area contributed by atoms with Crippen molar-refractivity contribution in [2.45, 2.75) is 38.3 Å². The highest BCUT2D eigenvalue weighted by atomic mass is 16.5. The number of nitrogens with one attached hydrogen (secondary N) is 1. The van der Waals surface area contributed by atoms with Crippen LogP contribution in [0.1, 0.15) is 37.0 Å². The van der Waals surface area contributed by atoms with Gasteiger partial charge in [-0.3, -0.25) is 0 Å². The van der Waals surface area contributed by atoms with Gasteiger partial charge in [-0.25, -0.2) is 0 Å². The second-order valence-electron chi connectivity index (χ2n) is 5.66. The molecule has 0 aliphatic heterocycles. The van der Waals surface area contributed by atoms with Crippen molar-refractivity contribution in [3.63, 3.8) is 0 Å². The Bertz CT molecular complexity index is 563. The molecule has 0 saturated heterocycles. The largest absolute Gasteiger partial charge is 0.484 e. The van der Waals surface area contributed by atoms with E-state index in [1.165, 1.54) is 24.0 Å². The van der Waals surface area contributed by atoms with Crippen LogP contribution in [0.25, 0.3) is 0 Å². The van der Waals surface area contributed by atoms with Gasteiger partial charge in [0.15, 0.2) is 0 Å². The van der Waals surface area contributed by atoms with Crippen LogP contribution in [0.5, 0.6) is 5.75 Å². The summed E-state index contributed by atoms with van der Waals surface area (Å²) in [6.07, 6.45) is 3.66. The van der Waals surface area contributed by atoms with Gasteiger partial charge in [-0.15, -0.1) is 0 Å². The van der Waals surface area contributed by atoms with E-state index in [4.69, 9.17) is 4.74 Å². The third kappa shape index (κ3) is 3.85. The summed E-state index contributed by atoms with van der Waals surface area (Å²) in [5.74, 6) is 1.01. The lowest BCUT2D eigenvalue weighted by atomic mass is 10.1. The fourth-order valence-electron chi connectivity index (χ4n) is 2.52. The average Bonchev–Trinajstić information content (AvgIpc) is 3.37. The van der Waals surface area contributed by atoms with Gasteiger partial charge in [0.25, 0.3) is 0 Å². The fraction of sp³-hybridized carbons (Fsp3) is 0.368. The van der Waals surface area contributed by atoms with Crippen LogP contribution in [0.2, 0.25) is 0 Å². The zero-order chi connectivity index (χ0) is 14.5. The van der Waals surface area contributed by atoms with Gasteiger partial charge < -0.3 is 10.1 Å². The second kappa shape index (κ2) is 6.77. The molecule has 0 amide bonds. The summed E-state index contributed by atoms with van der Waals surface area (Å²) < 4.78 is 6.34. The smallest absolute Gasteiger partial charge is 0.136 e. The summed E-state index contributed by atoms with van der Waals surface area (Å²) in [6, 6.07) is 19.5. The molecule has 3 rings (SSSR count). The molecular formula is C19H23NO. The summed E-state index contributed by atoms with van der Waals surface area (Å²) in [6.45, 7) is 3.04. The van der Waals surface area contributed by atoms with Crippen molar-refractivity contribution in [3.05, 3.63) is 65.7 Å². The van der Waals surface area contributed by atoms with Crippen LogP contribution in [-0.4, -0.2) is 12.6 Å². The molecule has 1 saturated carbocycles. The van der Waals surface area contributed by atoms with E-state index in [1.54, 1.807) is 0 Å². The predicted octanol–water partition coefficient (Wildman–Crippen LogP) is 4.12. The van der Waals surface area contributed by atoms with Crippen LogP contribution in [0.4, 0.5) is 0 Å². The standard InChI is InChI=1S/C19H23NO/c1-2-15-8-6-7-11-18(15)21-19(14-20-17-12-13-17)16-9-4-3-5-10-16/h3-11,17,19-20H,2,12-14H2,1H3. The lowest BCUT2D eigenvalue weighted by molar-refractivity contribution is 0.199. The number of para-hydroxylation sites is 1. The van der Waals surface area contributed by atoms with Crippen molar-refractivity contribution in [3.8, 4) is 5.75 Å². The van der Waals surface area contributed by atoms with Crippen molar-refractivity contribution in [2.75, 3.05) is 6.54 Å². The minimum atomic E-state index is 0.0690. The highest BCUT2D eigenvalue weighted by Gasteiger charge is 2.23. The SMILES string of the molecule is CCc1ccccc1OC(CNC1CC1)c1ccccc1. The molecule has 0 heterocycles. The number of rotatable bonds is 7. The Balaban J connectivity index is 1.77. The molecule has 2 aromatic carbocycles. The first-order chi connectivity index (χ1) is 10.4. The summed E-state index contributed by atoms with van der Waals surface area (Å²) in [5.41, 5.74) is 2.50. The van der Waals surface area contributed by atoms with Crippen molar-refractivity contribution in [1.29, 1.82) is 0 Å². The van der Waals surface area contributed by atoms with Crippen LogP contribution in [-0.2, 0) is 6.42 Å². The number of hydrogen-bond acceptors (Lipinski definition) is 2. The molecule has 1 fully saturated rings. The van der Waals surface area contributed by atoms with Gasteiger partial charge in [-0.1, -0.05) is 55.5 Å². The van der Waals surface area contributed by atoms with Crippen LogP contribution >= 0.6 is 0 Å². The Morgan fingerprint density at radius 3 is 2.48 bits per heavy atom. The Hall–Kier alpha value is -1.80. The number of aryl methyl sites for hydroxylation is 1. The van der Waals surface area contributed by atoms with E-state index in [9.17, 15) is 0 Å². The molecule has 2 nitrogen and oxygen atoms in total. The highest BCUT2D eigenvalue weighted by Crippen LogP contribution is 2.27. The van der Waals surface area contributed by atoms with Crippen LogP contribution < -0.4 is 10.1 Å². The van der Waals surface area contributed by atoms with Crippen LogP contribution in [0.3, 0.4) is 0 Å². The molecule has 2 aromatic rings. The van der Waals surface area contributed by atoms with Crippen molar-refractivity contribution in [2.24, 2.45) is 0 Å². The molecule has 0 bridgehead atoms. The number of benzene rings is 2. The topological polar surface area (TPSA) is 21.3 Å². The zero-order valence-electron chi connectivity index (χ0n) is 12.6. The molecule has 1 aliphatic carbocycles. The normalized spacial score (nSPS) is 15.7. The van der Waals surface area contributed by atoms with Gasteiger partial charge in [0.05, 0.1) is 0 Å². The monoisotopic (exact) mass is 281 g/mol. The molecule has 1 atom stereocenters. The highest BCUT2D eigenvalue weighted by molar-refractivity contribution is 5.34. The first kappa shape index (κ1) is 14.2. The predicted molar refractivity (Wildman–Crippen MR) is 86.7 cm³/mol. The lowest BCUT2D eigenvalue weighted by Gasteiger charge is -2.22. The molecule has 1 unspecified atom stereocenters. The van der Waals surface area contributed by atoms with Crippen LogP contribution in [0, 0.1) is 0 Å². The Morgan fingerprint density at radius 2 is 1.76 bits per heavy atom. The first-order valence-corrected chi connectivity index (χ1v) is 7.89. The van der Waals surface area contributed by atoms with E-state index in [0.29, 0.717) is 6.04 Å². The fourth-order valence-corrected chi connectivity index (χ4v) is 2.52. The molecule has 21 heavy (non-hydrogen) atoms. The van der Waals surface area contributed by atoms with E-state index in [-0.39, 0.29) is 6.10 Å². The Morgan fingerprint density at radius 1 is 1.05 bits per heavy atom. The van der Waals surface area contributed by atoms with Gasteiger partial charge in [-0.05, 0) is 36.5 Å². The molecule has 1 N–H and O–H groups in total. The summed E-state index contributed by atoms with van der Waals surface area (Å²) >= 11 is 0. The third-order valence-corrected chi connectivity index (χ3v) is 3.96. The Labute approximate surface area is 127 Å². The number of hydrogen-bond donors (Lipinski definition) is 1. The summed E-state index contributed by atoms with van der Waals surface area (Å²) in [4.78, 5) is 0. The minimum absolute atomic E-state index is 0.0690. The summed E-state index contributed by atoms with van der Waals surface area (Å²) in [5, 5.41) is 3.59. The van der Waals surface area contributed by atoms with Crippen molar-refractivity contribution >= 4 is 0 Å². The maximum absolute atomic E-state index is 6.34.